The lowest BCUT2D eigenvalue weighted by molar-refractivity contribution is 0.568. The lowest BCUT2D eigenvalue weighted by Gasteiger charge is -2.12. The molecule has 0 aliphatic rings. The smallest absolute Gasteiger partial charge is 0.0849 e. The van der Waals surface area contributed by atoms with Crippen LogP contribution in [0.5, 0.6) is 0 Å². The Balaban J connectivity index is 1.96. The van der Waals surface area contributed by atoms with Crippen molar-refractivity contribution in [3.63, 3.8) is 0 Å². The molecule has 1 atom stereocenters. The lowest BCUT2D eigenvalue weighted by Crippen LogP contribution is -2.11. The van der Waals surface area contributed by atoms with Crippen LogP contribution in [-0.2, 0) is 19.4 Å². The second-order valence-electron chi connectivity index (χ2n) is 5.29. The van der Waals surface area contributed by atoms with Gasteiger partial charge in [-0.15, -0.1) is 0 Å². The van der Waals surface area contributed by atoms with E-state index in [2.05, 4.69) is 31.1 Å². The van der Waals surface area contributed by atoms with Gasteiger partial charge in [0.05, 0.1) is 16.4 Å². The number of nitrogens with zero attached hydrogens (tertiary/aromatic N) is 2. The maximum atomic E-state index is 6.43. The van der Waals surface area contributed by atoms with E-state index >= 15 is 0 Å². The number of halogens is 1. The Labute approximate surface area is 132 Å². The van der Waals surface area contributed by atoms with Crippen LogP contribution in [0.15, 0.2) is 30.3 Å². The largest absolute Gasteiger partial charge is 0.324 e. The molecule has 3 nitrogen and oxygen atoms in total. The predicted molar refractivity (Wildman–Crippen MR) is 88.6 cm³/mol. The molecule has 0 aliphatic carbocycles. The van der Waals surface area contributed by atoms with E-state index in [1.165, 1.54) is 5.56 Å². The molecule has 0 bridgehead atoms. The van der Waals surface area contributed by atoms with Gasteiger partial charge in [-0.3, -0.25) is 4.68 Å². The van der Waals surface area contributed by atoms with Gasteiger partial charge in [-0.05, 0) is 38.2 Å². The minimum atomic E-state index is 0.0913. The minimum absolute atomic E-state index is 0.0913. The van der Waals surface area contributed by atoms with Crippen LogP contribution in [0.3, 0.4) is 0 Å². The summed E-state index contributed by atoms with van der Waals surface area (Å²) in [6.45, 7) is 5.05. The molecule has 1 heterocycles. The van der Waals surface area contributed by atoms with Crippen molar-refractivity contribution in [2.24, 2.45) is 5.73 Å². The zero-order chi connectivity index (χ0) is 15.2. The molecule has 0 aliphatic heterocycles. The molecular formula is C17H24ClN3. The maximum Gasteiger partial charge on any atom is 0.0849 e. The summed E-state index contributed by atoms with van der Waals surface area (Å²) in [5.41, 5.74) is 9.59. The van der Waals surface area contributed by atoms with Crippen LogP contribution in [0, 0.1) is 0 Å². The number of rotatable bonds is 7. The molecule has 1 unspecified atom stereocenters. The Morgan fingerprint density at radius 1 is 1.24 bits per heavy atom. The zero-order valence-corrected chi connectivity index (χ0v) is 13.6. The summed E-state index contributed by atoms with van der Waals surface area (Å²) in [6.07, 6.45) is 3.78. The van der Waals surface area contributed by atoms with Crippen molar-refractivity contribution in [2.45, 2.75) is 52.1 Å². The van der Waals surface area contributed by atoms with Crippen LogP contribution in [0.25, 0.3) is 0 Å². The van der Waals surface area contributed by atoms with E-state index in [9.17, 15) is 0 Å². The SMILES string of the molecule is CCc1nn(CC)c(CCCC(N)c2ccccc2)c1Cl. The highest BCUT2D eigenvalue weighted by Gasteiger charge is 2.14. The number of aromatic nitrogens is 2. The Hall–Kier alpha value is -1.32. The van der Waals surface area contributed by atoms with Gasteiger partial charge in [-0.1, -0.05) is 48.9 Å². The van der Waals surface area contributed by atoms with Crippen LogP contribution in [0.4, 0.5) is 0 Å². The van der Waals surface area contributed by atoms with Gasteiger partial charge in [0, 0.05) is 12.6 Å². The van der Waals surface area contributed by atoms with Crippen molar-refractivity contribution >= 4 is 11.6 Å². The Morgan fingerprint density at radius 3 is 2.57 bits per heavy atom. The van der Waals surface area contributed by atoms with Gasteiger partial charge in [-0.25, -0.2) is 0 Å². The monoisotopic (exact) mass is 305 g/mol. The van der Waals surface area contributed by atoms with Crippen LogP contribution in [-0.4, -0.2) is 9.78 Å². The van der Waals surface area contributed by atoms with E-state index in [1.807, 2.05) is 22.9 Å². The first-order chi connectivity index (χ1) is 10.2. The molecule has 0 spiro atoms. The normalized spacial score (nSPS) is 12.6. The van der Waals surface area contributed by atoms with E-state index in [1.54, 1.807) is 0 Å². The summed E-state index contributed by atoms with van der Waals surface area (Å²) in [4.78, 5) is 0. The number of hydrogen-bond acceptors (Lipinski definition) is 2. The highest BCUT2D eigenvalue weighted by molar-refractivity contribution is 6.31. The molecule has 2 aromatic rings. The predicted octanol–water partition coefficient (Wildman–Crippen LogP) is 4.14. The van der Waals surface area contributed by atoms with Crippen molar-refractivity contribution in [1.29, 1.82) is 0 Å². The number of aryl methyl sites for hydroxylation is 2. The molecule has 1 aromatic heterocycles. The van der Waals surface area contributed by atoms with Gasteiger partial charge >= 0.3 is 0 Å². The van der Waals surface area contributed by atoms with E-state index < -0.39 is 0 Å². The van der Waals surface area contributed by atoms with Gasteiger partial charge in [0.15, 0.2) is 0 Å². The van der Waals surface area contributed by atoms with E-state index in [4.69, 9.17) is 17.3 Å². The highest BCUT2D eigenvalue weighted by atomic mass is 35.5. The summed E-state index contributed by atoms with van der Waals surface area (Å²) >= 11 is 6.43. The summed E-state index contributed by atoms with van der Waals surface area (Å²) in [5, 5.41) is 5.40. The molecule has 2 N–H and O–H groups in total. The highest BCUT2D eigenvalue weighted by Crippen LogP contribution is 2.24. The van der Waals surface area contributed by atoms with Crippen molar-refractivity contribution in [3.05, 3.63) is 52.3 Å². The average molecular weight is 306 g/mol. The third-order valence-electron chi connectivity index (χ3n) is 3.85. The minimum Gasteiger partial charge on any atom is -0.324 e. The molecule has 114 valence electrons. The number of benzene rings is 1. The van der Waals surface area contributed by atoms with Gasteiger partial charge in [-0.2, -0.15) is 5.10 Å². The van der Waals surface area contributed by atoms with Crippen LogP contribution in [0.2, 0.25) is 5.02 Å². The van der Waals surface area contributed by atoms with E-state index in [-0.39, 0.29) is 6.04 Å². The third kappa shape index (κ3) is 3.86. The van der Waals surface area contributed by atoms with Gasteiger partial charge in [0.25, 0.3) is 0 Å². The molecule has 0 saturated carbocycles. The lowest BCUT2D eigenvalue weighted by atomic mass is 10.0. The molecule has 21 heavy (non-hydrogen) atoms. The molecule has 0 fully saturated rings. The topological polar surface area (TPSA) is 43.8 Å². The molecule has 0 radical (unpaired) electrons. The Bertz CT molecular complexity index is 563. The molecule has 2 rings (SSSR count). The standard InChI is InChI=1S/C17H24ClN3/c1-3-15-17(18)16(21(4-2)20-15)12-8-11-14(19)13-9-6-5-7-10-13/h5-7,9-10,14H,3-4,8,11-12,19H2,1-2H3. The zero-order valence-electron chi connectivity index (χ0n) is 12.8. The third-order valence-corrected chi connectivity index (χ3v) is 4.29. The second kappa shape index (κ2) is 7.62. The van der Waals surface area contributed by atoms with Gasteiger partial charge in [0.1, 0.15) is 0 Å². The van der Waals surface area contributed by atoms with Gasteiger partial charge < -0.3 is 5.73 Å². The molecule has 4 heteroatoms. The van der Waals surface area contributed by atoms with Crippen molar-refractivity contribution in [2.75, 3.05) is 0 Å². The summed E-state index contributed by atoms with van der Waals surface area (Å²) in [6, 6.07) is 10.3. The average Bonchev–Trinajstić information content (AvgIpc) is 2.84. The summed E-state index contributed by atoms with van der Waals surface area (Å²) in [7, 11) is 0. The van der Waals surface area contributed by atoms with Crippen LogP contribution < -0.4 is 5.73 Å². The fraction of sp³-hybridized carbons (Fsp3) is 0.471. The summed E-state index contributed by atoms with van der Waals surface area (Å²) < 4.78 is 2.02. The Kier molecular flexibility index (Phi) is 5.83. The quantitative estimate of drug-likeness (QED) is 0.835. The summed E-state index contributed by atoms with van der Waals surface area (Å²) in [5.74, 6) is 0. The molecule has 0 saturated heterocycles. The molecular weight excluding hydrogens is 282 g/mol. The van der Waals surface area contributed by atoms with Crippen molar-refractivity contribution in [1.82, 2.24) is 9.78 Å². The van der Waals surface area contributed by atoms with Crippen molar-refractivity contribution in [3.8, 4) is 0 Å². The van der Waals surface area contributed by atoms with E-state index in [0.717, 1.165) is 48.6 Å². The van der Waals surface area contributed by atoms with Crippen LogP contribution >= 0.6 is 11.6 Å². The molecule has 1 aromatic carbocycles. The second-order valence-corrected chi connectivity index (χ2v) is 5.66. The van der Waals surface area contributed by atoms with Gasteiger partial charge in [0.2, 0.25) is 0 Å². The Morgan fingerprint density at radius 2 is 1.95 bits per heavy atom. The van der Waals surface area contributed by atoms with Crippen LogP contribution in [0.1, 0.15) is 49.7 Å². The van der Waals surface area contributed by atoms with Crippen molar-refractivity contribution < 1.29 is 0 Å². The fourth-order valence-electron chi connectivity index (χ4n) is 2.61. The molecule has 0 amide bonds. The first-order valence-electron chi connectivity index (χ1n) is 7.71. The first kappa shape index (κ1) is 16.1. The number of nitrogens with two attached hydrogens (primary N) is 1. The van der Waals surface area contributed by atoms with E-state index in [0.29, 0.717) is 0 Å². The number of hydrogen-bond donors (Lipinski definition) is 1. The fourth-order valence-corrected chi connectivity index (χ4v) is 2.98. The maximum absolute atomic E-state index is 6.43. The first-order valence-corrected chi connectivity index (χ1v) is 8.09.